The zero-order valence-corrected chi connectivity index (χ0v) is 24.7. The molecule has 206 valence electrons. The van der Waals surface area contributed by atoms with E-state index in [0.29, 0.717) is 48.2 Å². The van der Waals surface area contributed by atoms with E-state index in [9.17, 15) is 4.79 Å². The van der Waals surface area contributed by atoms with Crippen molar-refractivity contribution < 1.29 is 18.3 Å². The maximum atomic E-state index is 15.3. The van der Waals surface area contributed by atoms with Crippen molar-refractivity contribution in [1.82, 2.24) is 19.7 Å². The molecule has 3 aromatic heterocycles. The molecule has 1 atom stereocenters. The van der Waals surface area contributed by atoms with E-state index in [-0.39, 0.29) is 5.56 Å². The summed E-state index contributed by atoms with van der Waals surface area (Å²) in [6, 6.07) is 11.3. The molecule has 11 heteroatoms. The van der Waals surface area contributed by atoms with Crippen LogP contribution in [0.2, 0.25) is 0 Å². The number of hydrogen-bond acceptors (Lipinski definition) is 8. The third-order valence-electron chi connectivity index (χ3n) is 7.88. The van der Waals surface area contributed by atoms with Gasteiger partial charge in [-0.05, 0) is 81.0 Å². The summed E-state index contributed by atoms with van der Waals surface area (Å²) in [4.78, 5) is 21.7. The third-order valence-corrected chi connectivity index (χ3v) is 8.63. The lowest BCUT2D eigenvalue weighted by molar-refractivity contribution is -0.0914. The van der Waals surface area contributed by atoms with Gasteiger partial charge in [-0.15, -0.1) is 0 Å². The number of fused-ring (bicyclic) bond motifs is 2. The Kier molecular flexibility index (Phi) is 6.24. The fourth-order valence-electron chi connectivity index (χ4n) is 4.99. The second-order valence-corrected chi connectivity index (χ2v) is 11.9. The first-order valence-electron chi connectivity index (χ1n) is 12.7. The maximum absolute atomic E-state index is 15.3. The zero-order chi connectivity index (χ0) is 28.6. The van der Waals surface area contributed by atoms with E-state index in [1.54, 1.807) is 28.9 Å². The summed E-state index contributed by atoms with van der Waals surface area (Å²) in [5.74, 6) is 0.185. The Hall–Kier alpha value is -3.42. The summed E-state index contributed by atoms with van der Waals surface area (Å²) in [7, 11) is 0. The van der Waals surface area contributed by atoms with Gasteiger partial charge in [-0.1, -0.05) is 24.3 Å². The van der Waals surface area contributed by atoms with Crippen LogP contribution in [0.1, 0.15) is 58.3 Å². The van der Waals surface area contributed by atoms with E-state index in [1.165, 1.54) is 12.4 Å². The van der Waals surface area contributed by atoms with Gasteiger partial charge >= 0.3 is 5.63 Å². The number of ether oxygens (including phenoxy) is 2. The van der Waals surface area contributed by atoms with Crippen molar-refractivity contribution in [2.24, 2.45) is 0 Å². The van der Waals surface area contributed by atoms with Gasteiger partial charge in [0.15, 0.2) is 11.9 Å². The molecule has 40 heavy (non-hydrogen) atoms. The van der Waals surface area contributed by atoms with E-state index < -0.39 is 35.0 Å². The Labute approximate surface area is 242 Å². The number of nitrogen functional groups attached to an aromatic ring is 1. The van der Waals surface area contributed by atoms with Gasteiger partial charge in [-0.3, -0.25) is 0 Å². The average Bonchev–Trinajstić information content (AvgIpc) is 3.36. The number of nitrogens with zero attached hydrogens (tertiary/aromatic N) is 4. The van der Waals surface area contributed by atoms with E-state index in [1.807, 2.05) is 46.8 Å². The molecular weight excluding hydrogens is 628 g/mol. The van der Waals surface area contributed by atoms with Gasteiger partial charge in [0.1, 0.15) is 33.5 Å². The van der Waals surface area contributed by atoms with Crippen molar-refractivity contribution in [3.63, 3.8) is 0 Å². The molecule has 1 unspecified atom stereocenters. The molecule has 4 heterocycles. The summed E-state index contributed by atoms with van der Waals surface area (Å²) in [5, 5.41) is 6.34. The molecule has 1 aliphatic rings. The Morgan fingerprint density at radius 2 is 1.73 bits per heavy atom. The number of aromatic nitrogens is 4. The molecule has 0 amide bonds. The van der Waals surface area contributed by atoms with Crippen LogP contribution in [0.25, 0.3) is 32.9 Å². The lowest BCUT2D eigenvalue weighted by Crippen LogP contribution is -2.41. The predicted molar refractivity (Wildman–Crippen MR) is 157 cm³/mol. The van der Waals surface area contributed by atoms with Gasteiger partial charge in [-0.25, -0.2) is 23.8 Å². The van der Waals surface area contributed by atoms with Crippen LogP contribution in [-0.4, -0.2) is 31.0 Å². The minimum absolute atomic E-state index is 0.254. The molecule has 0 saturated carbocycles. The Morgan fingerprint density at radius 1 is 1.05 bits per heavy atom. The van der Waals surface area contributed by atoms with E-state index in [2.05, 4.69) is 37.7 Å². The average molecular weight is 655 g/mol. The van der Waals surface area contributed by atoms with Crippen LogP contribution in [0.5, 0.6) is 0 Å². The van der Waals surface area contributed by atoms with E-state index >= 15 is 4.39 Å². The highest BCUT2D eigenvalue weighted by Crippen LogP contribution is 2.46. The number of halogens is 2. The van der Waals surface area contributed by atoms with Gasteiger partial charge in [0.05, 0.1) is 22.0 Å². The topological polar surface area (TPSA) is 118 Å². The fraction of sp³-hybridized carbons (Fsp3) is 0.310. The van der Waals surface area contributed by atoms with Crippen LogP contribution in [0, 0.1) is 9.52 Å². The largest absolute Gasteiger partial charge is 0.424 e. The SMILES string of the molecule is CC(c1oc(=O)c2ccccc2c1-c1ccc(F)c(C2OC(C)(C)C(C)(C)O2)c1)n1nc(I)c2c(N)ncnc21. The molecule has 2 N–H and O–H groups in total. The van der Waals surface area contributed by atoms with Gasteiger partial charge in [0, 0.05) is 16.5 Å². The molecular formula is C29H27FIN5O4. The summed E-state index contributed by atoms with van der Waals surface area (Å²) < 4.78 is 35.9. The van der Waals surface area contributed by atoms with E-state index in [0.717, 1.165) is 0 Å². The minimum atomic E-state index is -0.913. The van der Waals surface area contributed by atoms with Crippen molar-refractivity contribution in [2.45, 2.75) is 58.2 Å². The van der Waals surface area contributed by atoms with Crippen LogP contribution >= 0.6 is 22.6 Å². The normalized spacial score (nSPS) is 17.6. The molecule has 1 fully saturated rings. The number of benzene rings is 2. The molecule has 0 radical (unpaired) electrons. The van der Waals surface area contributed by atoms with Gasteiger partial charge in [-0.2, -0.15) is 5.10 Å². The first-order valence-corrected chi connectivity index (χ1v) is 13.8. The van der Waals surface area contributed by atoms with Crippen LogP contribution in [0.3, 0.4) is 0 Å². The molecule has 0 bridgehead atoms. The molecule has 5 aromatic rings. The molecule has 9 nitrogen and oxygen atoms in total. The Bertz CT molecular complexity index is 1850. The molecule has 0 aliphatic carbocycles. The van der Waals surface area contributed by atoms with E-state index in [4.69, 9.17) is 19.6 Å². The van der Waals surface area contributed by atoms with Crippen LogP contribution < -0.4 is 11.4 Å². The summed E-state index contributed by atoms with van der Waals surface area (Å²) in [6.07, 6.45) is 0.455. The smallest absolute Gasteiger partial charge is 0.343 e. The van der Waals surface area contributed by atoms with Gasteiger partial charge < -0.3 is 19.6 Å². The van der Waals surface area contributed by atoms with Crippen molar-refractivity contribution in [3.8, 4) is 11.1 Å². The quantitative estimate of drug-likeness (QED) is 0.230. The van der Waals surface area contributed by atoms with Crippen LogP contribution in [0.15, 0.2) is 58.0 Å². The molecule has 2 aromatic carbocycles. The molecule has 6 rings (SSSR count). The lowest BCUT2D eigenvalue weighted by Gasteiger charge is -2.30. The monoisotopic (exact) mass is 655 g/mol. The van der Waals surface area contributed by atoms with Crippen molar-refractivity contribution in [2.75, 3.05) is 5.73 Å². The maximum Gasteiger partial charge on any atom is 0.343 e. The highest BCUT2D eigenvalue weighted by atomic mass is 127. The molecule has 0 spiro atoms. The molecule has 1 saturated heterocycles. The summed E-state index contributed by atoms with van der Waals surface area (Å²) in [6.45, 7) is 9.52. The minimum Gasteiger partial charge on any atom is -0.424 e. The lowest BCUT2D eigenvalue weighted by atomic mass is 9.90. The van der Waals surface area contributed by atoms with Crippen LogP contribution in [0.4, 0.5) is 10.2 Å². The molecule has 1 aliphatic heterocycles. The van der Waals surface area contributed by atoms with Gasteiger partial charge in [0.2, 0.25) is 0 Å². The summed E-state index contributed by atoms with van der Waals surface area (Å²) in [5.41, 5.74) is 6.35. The number of hydrogen-bond donors (Lipinski definition) is 1. The second-order valence-electron chi connectivity index (χ2n) is 10.9. The number of anilines is 1. The first kappa shape index (κ1) is 26.8. The third kappa shape index (κ3) is 4.10. The van der Waals surface area contributed by atoms with Gasteiger partial charge in [0.25, 0.3) is 0 Å². The first-order chi connectivity index (χ1) is 18.9. The highest BCUT2D eigenvalue weighted by Gasteiger charge is 2.50. The number of nitrogens with two attached hydrogens (primary N) is 1. The van der Waals surface area contributed by atoms with Crippen LogP contribution in [-0.2, 0) is 9.47 Å². The zero-order valence-electron chi connectivity index (χ0n) is 22.5. The van der Waals surface area contributed by atoms with Crippen molar-refractivity contribution in [3.05, 3.63) is 80.1 Å². The van der Waals surface area contributed by atoms with Crippen molar-refractivity contribution in [1.29, 1.82) is 0 Å². The predicted octanol–water partition coefficient (Wildman–Crippen LogP) is 6.14. The number of rotatable bonds is 4. The highest BCUT2D eigenvalue weighted by molar-refractivity contribution is 14.1. The van der Waals surface area contributed by atoms with Crippen molar-refractivity contribution >= 4 is 50.2 Å². The Balaban J connectivity index is 1.58. The summed E-state index contributed by atoms with van der Waals surface area (Å²) >= 11 is 2.08. The second kappa shape index (κ2) is 9.32. The fourth-order valence-corrected chi connectivity index (χ4v) is 5.74. The Morgan fingerprint density at radius 3 is 2.42 bits per heavy atom. The standard InChI is InChI=1S/C29H27FIN5O4/c1-14(36-25-21(23(31)35-36)24(32)33-13-34-25)22-20(16-8-6-7-9-17(16)26(37)38-22)15-10-11-19(30)18(12-15)27-39-28(2,3)29(4,5)40-27/h6-14,27H,1-5H3,(H2,32,33,34).